The van der Waals surface area contributed by atoms with Crippen LogP contribution in [0.2, 0.25) is 0 Å². The summed E-state index contributed by atoms with van der Waals surface area (Å²) < 4.78 is 0. The molecule has 2 unspecified atom stereocenters. The Morgan fingerprint density at radius 3 is 2.57 bits per heavy atom. The molecular weight excluding hydrogens is 176 g/mol. The third-order valence-corrected chi connectivity index (χ3v) is 2.66. The smallest absolute Gasteiger partial charge is 0.208 e. The maximum absolute atomic E-state index is 5.43. The van der Waals surface area contributed by atoms with E-state index < -0.39 is 0 Å². The average molecular weight is 198 g/mol. The number of nitrogens with zero attached hydrogens (tertiary/aromatic N) is 2. The van der Waals surface area contributed by atoms with E-state index >= 15 is 0 Å². The standard InChI is InChI=1S/C10H22N4/c1-7(2)12-10(13-11)14(4)6-9-5-8(9)3/h7-9H,5-6,11H2,1-4H3,(H,12,13). The summed E-state index contributed by atoms with van der Waals surface area (Å²) in [5, 5.41) is 0. The summed E-state index contributed by atoms with van der Waals surface area (Å²) in [4.78, 5) is 6.51. The Kier molecular flexibility index (Phi) is 3.75. The van der Waals surface area contributed by atoms with Crippen molar-refractivity contribution in [3.8, 4) is 0 Å². The van der Waals surface area contributed by atoms with Crippen molar-refractivity contribution in [1.82, 2.24) is 10.3 Å². The Bertz CT molecular complexity index is 212. The Morgan fingerprint density at radius 2 is 2.21 bits per heavy atom. The van der Waals surface area contributed by atoms with Gasteiger partial charge in [0.25, 0.3) is 0 Å². The summed E-state index contributed by atoms with van der Waals surface area (Å²) in [5.41, 5.74) is 2.66. The van der Waals surface area contributed by atoms with E-state index in [1.54, 1.807) is 0 Å². The maximum Gasteiger partial charge on any atom is 0.208 e. The molecule has 14 heavy (non-hydrogen) atoms. The zero-order valence-corrected chi connectivity index (χ0v) is 9.62. The molecule has 4 nitrogen and oxygen atoms in total. The van der Waals surface area contributed by atoms with Gasteiger partial charge in [-0.1, -0.05) is 6.92 Å². The van der Waals surface area contributed by atoms with Crippen molar-refractivity contribution >= 4 is 5.96 Å². The number of guanidine groups is 1. The van der Waals surface area contributed by atoms with Crippen molar-refractivity contribution in [1.29, 1.82) is 0 Å². The summed E-state index contributed by atoms with van der Waals surface area (Å²) >= 11 is 0. The second-order valence-electron chi connectivity index (χ2n) is 4.54. The van der Waals surface area contributed by atoms with Gasteiger partial charge in [0.2, 0.25) is 5.96 Å². The summed E-state index contributed by atoms with van der Waals surface area (Å²) in [6.07, 6.45) is 1.34. The van der Waals surface area contributed by atoms with Crippen molar-refractivity contribution in [2.75, 3.05) is 13.6 Å². The molecule has 0 bridgehead atoms. The van der Waals surface area contributed by atoms with E-state index in [9.17, 15) is 0 Å². The number of rotatable bonds is 3. The van der Waals surface area contributed by atoms with Crippen LogP contribution in [-0.4, -0.2) is 30.5 Å². The molecule has 0 heterocycles. The molecule has 2 atom stereocenters. The molecule has 0 aromatic rings. The second-order valence-corrected chi connectivity index (χ2v) is 4.54. The SMILES string of the molecule is CC(C)N=C(NN)N(C)CC1CC1C. The maximum atomic E-state index is 5.43. The number of hydrogen-bond donors (Lipinski definition) is 2. The molecule has 1 aliphatic rings. The zero-order chi connectivity index (χ0) is 10.7. The predicted octanol–water partition coefficient (Wildman–Crippen LogP) is 0.802. The van der Waals surface area contributed by atoms with Crippen LogP contribution in [0.3, 0.4) is 0 Å². The highest BCUT2D eigenvalue weighted by molar-refractivity contribution is 5.79. The van der Waals surface area contributed by atoms with Crippen molar-refractivity contribution in [3.63, 3.8) is 0 Å². The first-order valence-electron chi connectivity index (χ1n) is 5.30. The molecule has 0 radical (unpaired) electrons. The Balaban J connectivity index is 2.43. The molecule has 0 aromatic heterocycles. The van der Waals surface area contributed by atoms with Crippen LogP contribution in [0.15, 0.2) is 4.99 Å². The minimum atomic E-state index is 0.278. The highest BCUT2D eigenvalue weighted by Crippen LogP contribution is 2.37. The molecule has 0 aromatic carbocycles. The largest absolute Gasteiger partial charge is 0.345 e. The van der Waals surface area contributed by atoms with Gasteiger partial charge in [-0.2, -0.15) is 0 Å². The fourth-order valence-corrected chi connectivity index (χ4v) is 1.58. The number of nitrogens with two attached hydrogens (primary N) is 1. The molecule has 1 fully saturated rings. The van der Waals surface area contributed by atoms with Gasteiger partial charge in [-0.15, -0.1) is 0 Å². The first kappa shape index (κ1) is 11.3. The van der Waals surface area contributed by atoms with Gasteiger partial charge in [0.15, 0.2) is 0 Å². The summed E-state index contributed by atoms with van der Waals surface area (Å²) in [5.74, 6) is 7.92. The van der Waals surface area contributed by atoms with Crippen molar-refractivity contribution in [3.05, 3.63) is 0 Å². The van der Waals surface area contributed by atoms with Crippen LogP contribution in [-0.2, 0) is 0 Å². The van der Waals surface area contributed by atoms with E-state index in [0.29, 0.717) is 0 Å². The van der Waals surface area contributed by atoms with Crippen molar-refractivity contribution in [2.45, 2.75) is 33.2 Å². The molecule has 0 spiro atoms. The molecule has 3 N–H and O–H groups in total. The van der Waals surface area contributed by atoms with E-state index in [2.05, 4.69) is 22.2 Å². The van der Waals surface area contributed by atoms with Gasteiger partial charge in [-0.3, -0.25) is 5.43 Å². The first-order valence-corrected chi connectivity index (χ1v) is 5.30. The quantitative estimate of drug-likeness (QED) is 0.305. The Hall–Kier alpha value is -0.770. The molecule has 1 rings (SSSR count). The second kappa shape index (κ2) is 4.64. The van der Waals surface area contributed by atoms with Crippen LogP contribution in [0.1, 0.15) is 27.2 Å². The summed E-state index contributed by atoms with van der Waals surface area (Å²) in [6.45, 7) is 7.43. The lowest BCUT2D eigenvalue weighted by molar-refractivity contribution is 0.443. The molecule has 1 saturated carbocycles. The number of aliphatic imine (C=N–C) groups is 1. The molecule has 82 valence electrons. The summed E-state index contributed by atoms with van der Waals surface area (Å²) in [7, 11) is 2.03. The fourth-order valence-electron chi connectivity index (χ4n) is 1.58. The third kappa shape index (κ3) is 3.18. The van der Waals surface area contributed by atoms with Crippen LogP contribution in [0.25, 0.3) is 0 Å². The molecule has 1 aliphatic carbocycles. The molecule has 4 heteroatoms. The van der Waals surface area contributed by atoms with Gasteiger partial charge in [0.1, 0.15) is 0 Å². The van der Waals surface area contributed by atoms with Gasteiger partial charge in [0, 0.05) is 19.6 Å². The van der Waals surface area contributed by atoms with E-state index in [0.717, 1.165) is 24.3 Å². The Morgan fingerprint density at radius 1 is 1.64 bits per heavy atom. The van der Waals surface area contributed by atoms with Gasteiger partial charge in [0.05, 0.1) is 0 Å². The molecule has 0 saturated heterocycles. The fraction of sp³-hybridized carbons (Fsp3) is 0.900. The highest BCUT2D eigenvalue weighted by atomic mass is 15.4. The van der Waals surface area contributed by atoms with E-state index in [4.69, 9.17) is 5.84 Å². The monoisotopic (exact) mass is 198 g/mol. The first-order chi connectivity index (χ1) is 6.54. The molecule has 0 amide bonds. The molecular formula is C10H22N4. The van der Waals surface area contributed by atoms with E-state index in [1.165, 1.54) is 6.42 Å². The van der Waals surface area contributed by atoms with Gasteiger partial charge in [-0.05, 0) is 32.1 Å². The lowest BCUT2D eigenvalue weighted by Gasteiger charge is -2.21. The van der Waals surface area contributed by atoms with Crippen LogP contribution in [0, 0.1) is 11.8 Å². The lowest BCUT2D eigenvalue weighted by atomic mass is 10.3. The van der Waals surface area contributed by atoms with E-state index in [-0.39, 0.29) is 6.04 Å². The van der Waals surface area contributed by atoms with Gasteiger partial charge < -0.3 is 4.90 Å². The van der Waals surface area contributed by atoms with Crippen molar-refractivity contribution < 1.29 is 0 Å². The topological polar surface area (TPSA) is 53.6 Å². The van der Waals surface area contributed by atoms with E-state index in [1.807, 2.05) is 20.9 Å². The lowest BCUT2D eigenvalue weighted by Crippen LogP contribution is -2.44. The minimum Gasteiger partial charge on any atom is -0.345 e. The van der Waals surface area contributed by atoms with Crippen LogP contribution in [0.5, 0.6) is 0 Å². The zero-order valence-electron chi connectivity index (χ0n) is 9.62. The van der Waals surface area contributed by atoms with Crippen LogP contribution < -0.4 is 11.3 Å². The van der Waals surface area contributed by atoms with Gasteiger partial charge in [-0.25, -0.2) is 10.8 Å². The Labute approximate surface area is 86.5 Å². The predicted molar refractivity (Wildman–Crippen MR) is 59.8 cm³/mol. The normalized spacial score (nSPS) is 26.6. The number of hydrazine groups is 1. The number of nitrogens with one attached hydrogen (secondary N) is 1. The van der Waals surface area contributed by atoms with Gasteiger partial charge >= 0.3 is 0 Å². The molecule has 0 aliphatic heterocycles. The number of hydrogen-bond acceptors (Lipinski definition) is 2. The average Bonchev–Trinajstić information content (AvgIpc) is 2.77. The van der Waals surface area contributed by atoms with Crippen LogP contribution in [0.4, 0.5) is 0 Å². The minimum absolute atomic E-state index is 0.278. The third-order valence-electron chi connectivity index (χ3n) is 2.66. The van der Waals surface area contributed by atoms with Crippen LogP contribution >= 0.6 is 0 Å². The van der Waals surface area contributed by atoms with Crippen molar-refractivity contribution in [2.24, 2.45) is 22.7 Å². The highest BCUT2D eigenvalue weighted by Gasteiger charge is 2.33. The summed E-state index contributed by atoms with van der Waals surface area (Å²) in [6, 6.07) is 0.278.